The highest BCUT2D eigenvalue weighted by atomic mass is 15.3. The van der Waals surface area contributed by atoms with E-state index in [2.05, 4.69) is 68.3 Å². The van der Waals surface area contributed by atoms with E-state index in [1.54, 1.807) is 0 Å². The molecule has 2 unspecified atom stereocenters. The van der Waals surface area contributed by atoms with E-state index in [0.29, 0.717) is 12.1 Å². The summed E-state index contributed by atoms with van der Waals surface area (Å²) in [6.45, 7) is 4.53. The zero-order chi connectivity index (χ0) is 11.6. The molecule has 0 aliphatic heterocycles. The van der Waals surface area contributed by atoms with Crippen molar-refractivity contribution in [3.05, 3.63) is 12.2 Å². The lowest BCUT2D eigenvalue weighted by Crippen LogP contribution is -2.44. The van der Waals surface area contributed by atoms with Gasteiger partial charge in [-0.1, -0.05) is 0 Å². The quantitative estimate of drug-likeness (QED) is 0.479. The first-order valence-electron chi connectivity index (χ1n) is 5.35. The van der Waals surface area contributed by atoms with Gasteiger partial charge in [0.05, 0.1) is 42.3 Å². The van der Waals surface area contributed by atoms with Crippen LogP contribution in [0.2, 0.25) is 0 Å². The maximum atomic E-state index is 2.33. The molecular weight excluding hydrogens is 172 g/mol. The Morgan fingerprint density at radius 2 is 0.857 bits per heavy atom. The summed E-state index contributed by atoms with van der Waals surface area (Å²) in [5.74, 6) is 0. The van der Waals surface area contributed by atoms with E-state index in [1.807, 2.05) is 0 Å². The van der Waals surface area contributed by atoms with E-state index < -0.39 is 0 Å². The highest BCUT2D eigenvalue weighted by Gasteiger charge is 2.18. The van der Waals surface area contributed by atoms with Crippen molar-refractivity contribution in [2.24, 2.45) is 0 Å². The summed E-state index contributed by atoms with van der Waals surface area (Å²) in [6.07, 6.45) is 4.66. The van der Waals surface area contributed by atoms with Crippen LogP contribution >= 0.6 is 0 Å². The Labute approximate surface area is 90.0 Å². The van der Waals surface area contributed by atoms with Crippen LogP contribution in [0.1, 0.15) is 13.8 Å². The third-order valence-electron chi connectivity index (χ3n) is 3.11. The van der Waals surface area contributed by atoms with Crippen molar-refractivity contribution in [3.8, 4) is 0 Å². The fraction of sp³-hybridized carbons (Fsp3) is 0.833. The fourth-order valence-corrected chi connectivity index (χ4v) is 0.838. The molecule has 0 N–H and O–H groups in total. The Morgan fingerprint density at radius 1 is 0.643 bits per heavy atom. The molecule has 2 heteroatoms. The molecular formula is C12H28N2+2. The van der Waals surface area contributed by atoms with Gasteiger partial charge in [0.2, 0.25) is 0 Å². The van der Waals surface area contributed by atoms with Crippen LogP contribution in [0.3, 0.4) is 0 Å². The monoisotopic (exact) mass is 200 g/mol. The van der Waals surface area contributed by atoms with Crippen LogP contribution < -0.4 is 0 Å². The number of hydrogen-bond donors (Lipinski definition) is 0. The van der Waals surface area contributed by atoms with Gasteiger partial charge in [-0.15, -0.1) is 0 Å². The van der Waals surface area contributed by atoms with Crippen molar-refractivity contribution in [1.82, 2.24) is 0 Å². The summed E-state index contributed by atoms with van der Waals surface area (Å²) in [5, 5.41) is 0. The first-order valence-corrected chi connectivity index (χ1v) is 5.35. The Hall–Kier alpha value is -0.340. The summed E-state index contributed by atoms with van der Waals surface area (Å²) < 4.78 is 1.97. The highest BCUT2D eigenvalue weighted by molar-refractivity contribution is 4.91. The lowest BCUT2D eigenvalue weighted by molar-refractivity contribution is -0.889. The van der Waals surface area contributed by atoms with Gasteiger partial charge in [0.25, 0.3) is 0 Å². The normalized spacial score (nSPS) is 18.6. The number of nitrogens with zero attached hydrogens (tertiary/aromatic N) is 2. The van der Waals surface area contributed by atoms with Gasteiger partial charge in [0, 0.05) is 0 Å². The zero-order valence-electron chi connectivity index (χ0n) is 11.2. The molecule has 14 heavy (non-hydrogen) atoms. The molecule has 0 radical (unpaired) electrons. The van der Waals surface area contributed by atoms with E-state index in [4.69, 9.17) is 0 Å². The lowest BCUT2D eigenvalue weighted by Gasteiger charge is -2.32. The van der Waals surface area contributed by atoms with Crippen LogP contribution in [0.25, 0.3) is 0 Å². The molecule has 0 aromatic heterocycles. The molecule has 0 aromatic rings. The van der Waals surface area contributed by atoms with E-state index in [1.165, 1.54) is 0 Å². The molecule has 0 amide bonds. The minimum atomic E-state index is 0.573. The van der Waals surface area contributed by atoms with Crippen molar-refractivity contribution in [1.29, 1.82) is 0 Å². The molecule has 84 valence electrons. The molecule has 0 heterocycles. The van der Waals surface area contributed by atoms with Crippen molar-refractivity contribution in [3.63, 3.8) is 0 Å². The fourth-order valence-electron chi connectivity index (χ4n) is 0.838. The summed E-state index contributed by atoms with van der Waals surface area (Å²) in [7, 11) is 13.4. The summed E-state index contributed by atoms with van der Waals surface area (Å²) >= 11 is 0. The number of quaternary nitrogens is 2. The standard InChI is InChI=1S/C12H28N2/c1-11(13(3,4)5)9-10-12(2)14(6,7)8/h9-12H,1-8H3/q+2/b10-9-. The third-order valence-corrected chi connectivity index (χ3v) is 3.11. The second kappa shape index (κ2) is 4.45. The first-order chi connectivity index (χ1) is 6.05. The van der Waals surface area contributed by atoms with Crippen LogP contribution in [0.4, 0.5) is 0 Å². The third kappa shape index (κ3) is 4.77. The van der Waals surface area contributed by atoms with Crippen LogP contribution in [0.15, 0.2) is 12.2 Å². The van der Waals surface area contributed by atoms with Crippen molar-refractivity contribution < 1.29 is 8.97 Å². The Kier molecular flexibility index (Phi) is 4.34. The summed E-state index contributed by atoms with van der Waals surface area (Å²) in [4.78, 5) is 0. The Morgan fingerprint density at radius 3 is 1.00 bits per heavy atom. The van der Waals surface area contributed by atoms with Crippen LogP contribution in [-0.4, -0.2) is 63.3 Å². The predicted molar refractivity (Wildman–Crippen MR) is 64.1 cm³/mol. The van der Waals surface area contributed by atoms with Crippen molar-refractivity contribution in [2.75, 3.05) is 42.3 Å². The van der Waals surface area contributed by atoms with E-state index in [-0.39, 0.29) is 0 Å². The average molecular weight is 200 g/mol. The highest BCUT2D eigenvalue weighted by Crippen LogP contribution is 2.08. The number of rotatable bonds is 4. The molecule has 2 atom stereocenters. The number of hydrogen-bond acceptors (Lipinski definition) is 0. The Bertz CT molecular complexity index is 171. The molecule has 0 spiro atoms. The van der Waals surface area contributed by atoms with Crippen molar-refractivity contribution >= 4 is 0 Å². The molecule has 0 fully saturated rings. The lowest BCUT2D eigenvalue weighted by atomic mass is 10.2. The van der Waals surface area contributed by atoms with Crippen LogP contribution in [-0.2, 0) is 0 Å². The Balaban J connectivity index is 4.32. The van der Waals surface area contributed by atoms with Gasteiger partial charge >= 0.3 is 0 Å². The second-order valence-electron chi connectivity index (χ2n) is 6.10. The average Bonchev–Trinajstić information content (AvgIpc) is 1.95. The summed E-state index contributed by atoms with van der Waals surface area (Å²) in [5.41, 5.74) is 0. The first kappa shape index (κ1) is 13.7. The molecule has 0 aromatic carbocycles. The van der Waals surface area contributed by atoms with Crippen molar-refractivity contribution in [2.45, 2.75) is 25.9 Å². The predicted octanol–water partition coefficient (Wildman–Crippen LogP) is 1.73. The number of likely N-dealkylation sites (N-methyl/N-ethyl adjacent to an activating group) is 2. The van der Waals surface area contributed by atoms with E-state index >= 15 is 0 Å². The minimum Gasteiger partial charge on any atom is -0.325 e. The molecule has 0 bridgehead atoms. The zero-order valence-corrected chi connectivity index (χ0v) is 11.2. The second-order valence-corrected chi connectivity index (χ2v) is 6.10. The molecule has 0 saturated carbocycles. The van der Waals surface area contributed by atoms with E-state index in [9.17, 15) is 0 Å². The maximum Gasteiger partial charge on any atom is 0.104 e. The van der Waals surface area contributed by atoms with Gasteiger partial charge < -0.3 is 8.97 Å². The molecule has 0 rings (SSSR count). The SMILES string of the molecule is CC(/C=C\C(C)[N+](C)(C)C)[N+](C)(C)C. The van der Waals surface area contributed by atoms with Crippen LogP contribution in [0.5, 0.6) is 0 Å². The summed E-state index contributed by atoms with van der Waals surface area (Å²) in [6, 6.07) is 1.15. The van der Waals surface area contributed by atoms with Gasteiger partial charge in [0.15, 0.2) is 0 Å². The molecule has 0 aliphatic rings. The minimum absolute atomic E-state index is 0.573. The maximum absolute atomic E-state index is 2.33. The van der Waals surface area contributed by atoms with Gasteiger partial charge in [0.1, 0.15) is 12.1 Å². The molecule has 0 aliphatic carbocycles. The largest absolute Gasteiger partial charge is 0.325 e. The van der Waals surface area contributed by atoms with E-state index in [0.717, 1.165) is 8.97 Å². The van der Waals surface area contributed by atoms with Gasteiger partial charge in [-0.3, -0.25) is 0 Å². The smallest absolute Gasteiger partial charge is 0.104 e. The molecule has 0 saturated heterocycles. The van der Waals surface area contributed by atoms with Crippen LogP contribution in [0, 0.1) is 0 Å². The van der Waals surface area contributed by atoms with Gasteiger partial charge in [-0.05, 0) is 26.0 Å². The molecule has 2 nitrogen and oxygen atoms in total. The van der Waals surface area contributed by atoms with Gasteiger partial charge in [-0.25, -0.2) is 0 Å². The van der Waals surface area contributed by atoms with Gasteiger partial charge in [-0.2, -0.15) is 0 Å². The topological polar surface area (TPSA) is 0 Å².